The molecule has 0 aliphatic heterocycles. The summed E-state index contributed by atoms with van der Waals surface area (Å²) in [5, 5.41) is 21.1. The van der Waals surface area contributed by atoms with Gasteiger partial charge in [0.05, 0.1) is 6.61 Å². The van der Waals surface area contributed by atoms with Gasteiger partial charge >= 0.3 is 13.1 Å². The largest absolute Gasteiger partial charge is 0.491 e. The van der Waals surface area contributed by atoms with Crippen LogP contribution in [0, 0.1) is 0 Å². The first-order valence-electron chi connectivity index (χ1n) is 5.56. The maximum Gasteiger partial charge on any atom is 0.491 e. The van der Waals surface area contributed by atoms with E-state index in [1.165, 1.54) is 12.4 Å². The number of aromatic nitrogens is 2. The van der Waals surface area contributed by atoms with E-state index in [1.807, 2.05) is 0 Å². The van der Waals surface area contributed by atoms with Crippen LogP contribution < -0.4 is 10.2 Å². The molecular formula is C9H14BN5O3. The minimum Gasteiger partial charge on any atom is -0.463 e. The van der Waals surface area contributed by atoms with Gasteiger partial charge in [0.15, 0.2) is 0 Å². The van der Waals surface area contributed by atoms with Crippen molar-refractivity contribution in [3.63, 3.8) is 0 Å². The van der Waals surface area contributed by atoms with Crippen molar-refractivity contribution in [2.45, 2.75) is 19.3 Å². The third-order valence-electron chi connectivity index (χ3n) is 2.14. The van der Waals surface area contributed by atoms with E-state index in [0.717, 1.165) is 19.3 Å². The van der Waals surface area contributed by atoms with Gasteiger partial charge in [0.2, 0.25) is 0 Å². The molecule has 1 aromatic heterocycles. The van der Waals surface area contributed by atoms with Crippen molar-refractivity contribution < 1.29 is 14.8 Å². The standard InChI is InChI=1S/C9H14BN5O3/c11-15-14-4-2-1-3-5-18-9-12-6-8(7-13-9)10(16)17/h6-7,16-17H,1-5H2. The highest BCUT2D eigenvalue weighted by molar-refractivity contribution is 6.58. The molecule has 0 saturated carbocycles. The van der Waals surface area contributed by atoms with Crippen molar-refractivity contribution in [3.8, 4) is 6.01 Å². The molecule has 8 nitrogen and oxygen atoms in total. The fraction of sp³-hybridized carbons (Fsp3) is 0.556. The fourth-order valence-electron chi connectivity index (χ4n) is 1.20. The van der Waals surface area contributed by atoms with E-state index >= 15 is 0 Å². The van der Waals surface area contributed by atoms with Crippen LogP contribution >= 0.6 is 0 Å². The summed E-state index contributed by atoms with van der Waals surface area (Å²) in [4.78, 5) is 10.3. The van der Waals surface area contributed by atoms with Crippen molar-refractivity contribution in [2.24, 2.45) is 5.11 Å². The molecule has 0 bridgehead atoms. The summed E-state index contributed by atoms with van der Waals surface area (Å²) < 4.78 is 5.26. The third-order valence-corrected chi connectivity index (χ3v) is 2.14. The molecular weight excluding hydrogens is 237 g/mol. The number of rotatable bonds is 8. The number of azide groups is 1. The van der Waals surface area contributed by atoms with Gasteiger partial charge in [0.25, 0.3) is 0 Å². The monoisotopic (exact) mass is 251 g/mol. The summed E-state index contributed by atoms with van der Waals surface area (Å²) in [6.45, 7) is 0.966. The minimum atomic E-state index is -1.57. The van der Waals surface area contributed by atoms with Crippen LogP contribution in [0.5, 0.6) is 6.01 Å². The van der Waals surface area contributed by atoms with Crippen molar-refractivity contribution in [3.05, 3.63) is 22.8 Å². The SMILES string of the molecule is [N-]=[N+]=NCCCCCOc1ncc(B(O)O)cn1. The maximum atomic E-state index is 8.83. The molecule has 0 radical (unpaired) electrons. The van der Waals surface area contributed by atoms with Crippen LogP contribution in [0.15, 0.2) is 17.5 Å². The lowest BCUT2D eigenvalue weighted by atomic mass is 9.83. The molecule has 9 heteroatoms. The molecule has 1 heterocycles. The van der Waals surface area contributed by atoms with Gasteiger partial charge in [-0.1, -0.05) is 5.11 Å². The van der Waals surface area contributed by atoms with Crippen molar-refractivity contribution >= 4 is 12.6 Å². The molecule has 0 aliphatic rings. The van der Waals surface area contributed by atoms with Crippen LogP contribution in [-0.4, -0.2) is 40.3 Å². The lowest BCUT2D eigenvalue weighted by Gasteiger charge is -2.04. The molecule has 18 heavy (non-hydrogen) atoms. The molecule has 1 rings (SSSR count). The Morgan fingerprint density at radius 1 is 1.28 bits per heavy atom. The van der Waals surface area contributed by atoms with Gasteiger partial charge in [0.1, 0.15) is 0 Å². The zero-order valence-corrected chi connectivity index (χ0v) is 9.81. The third kappa shape index (κ3) is 5.49. The Kier molecular flexibility index (Phi) is 6.56. The predicted molar refractivity (Wildman–Crippen MR) is 65.2 cm³/mol. The number of unbranched alkanes of at least 4 members (excludes halogenated alkanes) is 2. The van der Waals surface area contributed by atoms with Gasteiger partial charge in [0, 0.05) is 29.3 Å². The molecule has 0 aromatic carbocycles. The molecule has 2 N–H and O–H groups in total. The molecule has 1 aromatic rings. The van der Waals surface area contributed by atoms with Gasteiger partial charge in [-0.2, -0.15) is 0 Å². The Morgan fingerprint density at radius 3 is 2.61 bits per heavy atom. The van der Waals surface area contributed by atoms with E-state index in [4.69, 9.17) is 20.3 Å². The van der Waals surface area contributed by atoms with Crippen LogP contribution in [0.4, 0.5) is 0 Å². The molecule has 0 unspecified atom stereocenters. The van der Waals surface area contributed by atoms with E-state index in [9.17, 15) is 0 Å². The lowest BCUT2D eigenvalue weighted by molar-refractivity contribution is 0.282. The summed E-state index contributed by atoms with van der Waals surface area (Å²) in [7, 11) is -1.57. The highest BCUT2D eigenvalue weighted by Crippen LogP contribution is 2.01. The second-order valence-electron chi connectivity index (χ2n) is 3.54. The van der Waals surface area contributed by atoms with E-state index < -0.39 is 7.12 Å². The summed E-state index contributed by atoms with van der Waals surface area (Å²) >= 11 is 0. The van der Waals surface area contributed by atoms with Gasteiger partial charge in [-0.15, -0.1) is 0 Å². The summed E-state index contributed by atoms with van der Waals surface area (Å²) in [6.07, 6.45) is 5.13. The first kappa shape index (κ1) is 14.2. The molecule has 0 spiro atoms. The Hall–Kier alpha value is -1.83. The summed E-state index contributed by atoms with van der Waals surface area (Å²) in [5.74, 6) is 0. The Morgan fingerprint density at radius 2 is 2.00 bits per heavy atom. The molecule has 96 valence electrons. The van der Waals surface area contributed by atoms with Crippen molar-refractivity contribution in [1.29, 1.82) is 0 Å². The van der Waals surface area contributed by atoms with Crippen LogP contribution in [0.25, 0.3) is 10.4 Å². The molecule has 0 saturated heterocycles. The normalized spacial score (nSPS) is 9.67. The van der Waals surface area contributed by atoms with Crippen molar-refractivity contribution in [2.75, 3.05) is 13.2 Å². The van der Waals surface area contributed by atoms with E-state index in [0.29, 0.717) is 13.2 Å². The summed E-state index contributed by atoms with van der Waals surface area (Å²) in [5.41, 5.74) is 8.28. The second-order valence-corrected chi connectivity index (χ2v) is 3.54. The van der Waals surface area contributed by atoms with E-state index in [-0.39, 0.29) is 11.5 Å². The molecule has 0 atom stereocenters. The lowest BCUT2D eigenvalue weighted by Crippen LogP contribution is -2.30. The van der Waals surface area contributed by atoms with Crippen molar-refractivity contribution in [1.82, 2.24) is 9.97 Å². The van der Waals surface area contributed by atoms with Crippen LogP contribution in [0.1, 0.15) is 19.3 Å². The Labute approximate surface area is 104 Å². The van der Waals surface area contributed by atoms with Gasteiger partial charge in [-0.05, 0) is 24.8 Å². The number of ether oxygens (including phenoxy) is 1. The average Bonchev–Trinajstić information content (AvgIpc) is 2.38. The fourth-order valence-corrected chi connectivity index (χ4v) is 1.20. The number of hydrogen-bond acceptors (Lipinski definition) is 6. The van der Waals surface area contributed by atoms with E-state index in [1.54, 1.807) is 0 Å². The minimum absolute atomic E-state index is 0.203. The predicted octanol–water partition coefficient (Wildman–Crippen LogP) is 0.0158. The van der Waals surface area contributed by atoms with Crippen LogP contribution in [0.3, 0.4) is 0 Å². The number of hydrogen-bond donors (Lipinski definition) is 2. The molecule has 0 amide bonds. The maximum absolute atomic E-state index is 8.83. The highest BCUT2D eigenvalue weighted by Gasteiger charge is 2.11. The Balaban J connectivity index is 2.17. The van der Waals surface area contributed by atoms with Gasteiger partial charge in [-0.25, -0.2) is 9.97 Å². The summed E-state index contributed by atoms with van der Waals surface area (Å²) in [6, 6.07) is 0.203. The highest BCUT2D eigenvalue weighted by atomic mass is 16.5. The smallest absolute Gasteiger partial charge is 0.463 e. The first-order valence-corrected chi connectivity index (χ1v) is 5.56. The Bertz CT molecular complexity index is 394. The van der Waals surface area contributed by atoms with Gasteiger partial charge in [-0.3, -0.25) is 0 Å². The topological polar surface area (TPSA) is 124 Å². The quantitative estimate of drug-likeness (QED) is 0.221. The van der Waals surface area contributed by atoms with Crippen LogP contribution in [0.2, 0.25) is 0 Å². The average molecular weight is 251 g/mol. The van der Waals surface area contributed by atoms with Gasteiger partial charge < -0.3 is 14.8 Å². The molecule has 0 fully saturated rings. The second kappa shape index (κ2) is 8.29. The van der Waals surface area contributed by atoms with E-state index in [2.05, 4.69) is 20.0 Å². The zero-order valence-electron chi connectivity index (χ0n) is 9.81. The van der Waals surface area contributed by atoms with Crippen LogP contribution in [-0.2, 0) is 0 Å². The first-order chi connectivity index (χ1) is 8.74. The number of nitrogens with zero attached hydrogens (tertiary/aromatic N) is 5. The zero-order chi connectivity index (χ0) is 13.2. The molecule has 0 aliphatic carbocycles.